The zero-order valence-corrected chi connectivity index (χ0v) is 14.8. The van der Waals surface area contributed by atoms with E-state index in [4.69, 9.17) is 9.47 Å². The van der Waals surface area contributed by atoms with Crippen LogP contribution in [0.25, 0.3) is 0 Å². The number of aromatic nitrogens is 2. The molecule has 1 saturated heterocycles. The summed E-state index contributed by atoms with van der Waals surface area (Å²) in [7, 11) is 1.62. The van der Waals surface area contributed by atoms with Gasteiger partial charge in [0.25, 0.3) is 5.56 Å². The topological polar surface area (TPSA) is 84.5 Å². The van der Waals surface area contributed by atoms with Crippen LogP contribution in [0.1, 0.15) is 11.3 Å². The average molecular weight is 357 g/mol. The molecule has 7 nitrogen and oxygen atoms in total. The minimum Gasteiger partial charge on any atom is -0.497 e. The van der Waals surface area contributed by atoms with Crippen LogP contribution < -0.4 is 10.3 Å². The van der Waals surface area contributed by atoms with Gasteiger partial charge in [-0.25, -0.2) is 4.98 Å². The molecule has 0 unspecified atom stereocenters. The highest BCUT2D eigenvalue weighted by atomic mass is 16.5. The number of carbonyl (C=O) groups excluding carboxylic acids is 1. The van der Waals surface area contributed by atoms with Gasteiger partial charge in [0.1, 0.15) is 5.75 Å². The van der Waals surface area contributed by atoms with Crippen molar-refractivity contribution in [2.45, 2.75) is 12.8 Å². The Morgan fingerprint density at radius 1 is 1.38 bits per heavy atom. The zero-order chi connectivity index (χ0) is 18.4. The minimum atomic E-state index is -0.169. The Morgan fingerprint density at radius 2 is 2.19 bits per heavy atom. The monoisotopic (exact) mass is 357 g/mol. The lowest BCUT2D eigenvalue weighted by Gasteiger charge is -2.23. The maximum atomic E-state index is 12.7. The summed E-state index contributed by atoms with van der Waals surface area (Å²) in [5, 5.41) is 0. The fourth-order valence-electron chi connectivity index (χ4n) is 3.08. The van der Waals surface area contributed by atoms with Gasteiger partial charge in [-0.1, -0.05) is 12.1 Å². The number of hydrogen-bond acceptors (Lipinski definition) is 5. The number of rotatable bonds is 5. The number of ether oxygens (including phenoxy) is 2. The Bertz CT molecular complexity index is 788. The van der Waals surface area contributed by atoms with Crippen LogP contribution in [0.3, 0.4) is 0 Å². The number of H-pyrrole nitrogens is 1. The molecule has 1 N–H and O–H groups in total. The molecule has 0 bridgehead atoms. The van der Waals surface area contributed by atoms with E-state index >= 15 is 0 Å². The molecule has 0 aliphatic carbocycles. The van der Waals surface area contributed by atoms with E-state index in [1.165, 1.54) is 12.4 Å². The van der Waals surface area contributed by atoms with E-state index in [-0.39, 0.29) is 17.4 Å². The molecule has 1 fully saturated rings. The Labute approximate surface area is 152 Å². The first kappa shape index (κ1) is 18.1. The van der Waals surface area contributed by atoms with Gasteiger partial charge in [-0.15, -0.1) is 0 Å². The number of aromatic amines is 1. The molecule has 1 aromatic carbocycles. The Morgan fingerprint density at radius 3 is 2.92 bits per heavy atom. The van der Waals surface area contributed by atoms with Crippen molar-refractivity contribution in [1.82, 2.24) is 14.9 Å². The number of benzene rings is 1. The van der Waals surface area contributed by atoms with Crippen molar-refractivity contribution in [3.63, 3.8) is 0 Å². The summed E-state index contributed by atoms with van der Waals surface area (Å²) in [6, 6.07) is 9.02. The first-order chi connectivity index (χ1) is 12.6. The second-order valence-electron chi connectivity index (χ2n) is 6.41. The third-order valence-electron chi connectivity index (χ3n) is 4.44. The molecule has 2 heterocycles. The molecule has 0 spiro atoms. The molecule has 1 aliphatic heterocycles. The van der Waals surface area contributed by atoms with Crippen LogP contribution in [0.4, 0.5) is 0 Å². The van der Waals surface area contributed by atoms with Crippen molar-refractivity contribution < 1.29 is 14.3 Å². The predicted molar refractivity (Wildman–Crippen MR) is 96.1 cm³/mol. The summed E-state index contributed by atoms with van der Waals surface area (Å²) in [5.41, 5.74) is 1.50. The van der Waals surface area contributed by atoms with Gasteiger partial charge in [0, 0.05) is 30.8 Å². The Balaban J connectivity index is 1.62. The maximum Gasteiger partial charge on any atom is 0.250 e. The summed E-state index contributed by atoms with van der Waals surface area (Å²) in [5.74, 6) is 0.964. The molecule has 3 rings (SSSR count). The molecule has 0 saturated carbocycles. The van der Waals surface area contributed by atoms with E-state index in [1.807, 2.05) is 29.2 Å². The van der Waals surface area contributed by atoms with E-state index in [0.29, 0.717) is 44.8 Å². The van der Waals surface area contributed by atoms with Crippen LogP contribution in [0.2, 0.25) is 0 Å². The van der Waals surface area contributed by atoms with E-state index in [0.717, 1.165) is 11.3 Å². The quantitative estimate of drug-likeness (QED) is 0.864. The lowest BCUT2D eigenvalue weighted by atomic mass is 10.0. The van der Waals surface area contributed by atoms with Crippen LogP contribution in [-0.4, -0.2) is 54.2 Å². The van der Waals surface area contributed by atoms with Crippen LogP contribution in [-0.2, 0) is 22.4 Å². The maximum absolute atomic E-state index is 12.7. The van der Waals surface area contributed by atoms with Crippen molar-refractivity contribution in [3.05, 3.63) is 58.3 Å². The van der Waals surface area contributed by atoms with Crippen molar-refractivity contribution in [2.75, 3.05) is 33.4 Å². The van der Waals surface area contributed by atoms with Gasteiger partial charge in [0.05, 0.1) is 33.1 Å². The summed E-state index contributed by atoms with van der Waals surface area (Å²) >= 11 is 0. The zero-order valence-electron chi connectivity index (χ0n) is 14.8. The normalized spacial score (nSPS) is 17.6. The van der Waals surface area contributed by atoms with Gasteiger partial charge < -0.3 is 19.4 Å². The molecule has 1 aliphatic rings. The number of amides is 1. The van der Waals surface area contributed by atoms with Crippen LogP contribution in [0, 0.1) is 5.92 Å². The van der Waals surface area contributed by atoms with Crippen molar-refractivity contribution in [2.24, 2.45) is 5.92 Å². The van der Waals surface area contributed by atoms with Gasteiger partial charge in [-0.05, 0) is 24.1 Å². The second-order valence-corrected chi connectivity index (χ2v) is 6.41. The number of hydrogen-bond donors (Lipinski definition) is 1. The summed E-state index contributed by atoms with van der Waals surface area (Å²) in [4.78, 5) is 32.7. The van der Waals surface area contributed by atoms with Gasteiger partial charge >= 0.3 is 0 Å². The van der Waals surface area contributed by atoms with Gasteiger partial charge in [-0.2, -0.15) is 0 Å². The number of nitrogens with zero attached hydrogens (tertiary/aromatic N) is 2. The predicted octanol–water partition coefficient (Wildman–Crippen LogP) is 1.04. The van der Waals surface area contributed by atoms with Crippen molar-refractivity contribution in [3.8, 4) is 5.75 Å². The van der Waals surface area contributed by atoms with Crippen LogP contribution in [0.5, 0.6) is 5.75 Å². The highest BCUT2D eigenvalue weighted by Crippen LogP contribution is 2.15. The largest absolute Gasteiger partial charge is 0.497 e. The lowest BCUT2D eigenvalue weighted by Crippen LogP contribution is -2.37. The molecule has 0 radical (unpaired) electrons. The molecule has 2 aromatic rings. The first-order valence-electron chi connectivity index (χ1n) is 8.66. The third-order valence-corrected chi connectivity index (χ3v) is 4.44. The third kappa shape index (κ3) is 4.92. The average Bonchev–Trinajstić information content (AvgIpc) is 2.88. The fraction of sp³-hybridized carbons (Fsp3) is 0.421. The summed E-state index contributed by atoms with van der Waals surface area (Å²) in [6.45, 7) is 2.26. The molecular formula is C19H23N3O4. The second kappa shape index (κ2) is 8.62. The first-order valence-corrected chi connectivity index (χ1v) is 8.66. The summed E-state index contributed by atoms with van der Waals surface area (Å²) < 4.78 is 10.8. The number of carbonyl (C=O) groups is 1. The molecule has 26 heavy (non-hydrogen) atoms. The SMILES string of the molecule is COc1ccc(CC(=O)N2CCOC[C@H](Cc3cc(=O)[nH]cn3)C2)cc1. The van der Waals surface area contributed by atoms with E-state index in [2.05, 4.69) is 9.97 Å². The van der Waals surface area contributed by atoms with Gasteiger partial charge in [0.2, 0.25) is 5.91 Å². The number of nitrogens with one attached hydrogen (secondary N) is 1. The minimum absolute atomic E-state index is 0.0736. The van der Waals surface area contributed by atoms with Gasteiger partial charge in [0.15, 0.2) is 0 Å². The number of methoxy groups -OCH3 is 1. The highest BCUT2D eigenvalue weighted by Gasteiger charge is 2.23. The Hall–Kier alpha value is -2.67. The van der Waals surface area contributed by atoms with Crippen molar-refractivity contribution >= 4 is 5.91 Å². The molecule has 7 heteroatoms. The lowest BCUT2D eigenvalue weighted by molar-refractivity contribution is -0.130. The van der Waals surface area contributed by atoms with Crippen LogP contribution >= 0.6 is 0 Å². The Kier molecular flexibility index (Phi) is 6.01. The molecule has 1 aromatic heterocycles. The van der Waals surface area contributed by atoms with Gasteiger partial charge in [-0.3, -0.25) is 9.59 Å². The molecular weight excluding hydrogens is 334 g/mol. The molecule has 1 atom stereocenters. The molecule has 1 amide bonds. The van der Waals surface area contributed by atoms with E-state index in [1.54, 1.807) is 7.11 Å². The van der Waals surface area contributed by atoms with Crippen LogP contribution in [0.15, 0.2) is 41.5 Å². The highest BCUT2D eigenvalue weighted by molar-refractivity contribution is 5.78. The fourth-order valence-corrected chi connectivity index (χ4v) is 3.08. The molecule has 138 valence electrons. The van der Waals surface area contributed by atoms with E-state index in [9.17, 15) is 9.59 Å². The summed E-state index contributed by atoms with van der Waals surface area (Å²) in [6.07, 6.45) is 2.36. The standard InChI is InChI=1S/C19H23N3O4/c1-25-17-4-2-14(3-5-17)9-19(24)22-6-7-26-12-15(11-22)8-16-10-18(23)21-13-20-16/h2-5,10,13,15H,6-9,11-12H2,1H3,(H,20,21,23)/t15-/m1/s1. The smallest absolute Gasteiger partial charge is 0.250 e. The van der Waals surface area contributed by atoms with Crippen molar-refractivity contribution in [1.29, 1.82) is 0 Å². The van der Waals surface area contributed by atoms with E-state index < -0.39 is 0 Å².